The summed E-state index contributed by atoms with van der Waals surface area (Å²) < 4.78 is 22.6. The van der Waals surface area contributed by atoms with E-state index in [4.69, 9.17) is 18.9 Å². The van der Waals surface area contributed by atoms with E-state index in [0.29, 0.717) is 24.2 Å². The van der Waals surface area contributed by atoms with E-state index in [1.54, 1.807) is 26.8 Å². The molecule has 2 heterocycles. The highest BCUT2D eigenvalue weighted by atomic mass is 16.6. The molecule has 0 unspecified atom stereocenters. The number of rotatable bonds is 7. The van der Waals surface area contributed by atoms with Crippen LogP contribution in [0.1, 0.15) is 63.6 Å². The lowest BCUT2D eigenvalue weighted by atomic mass is 9.50. The molecule has 218 valence electrons. The zero-order valence-electron chi connectivity index (χ0n) is 23.6. The first-order chi connectivity index (χ1) is 18.8. The van der Waals surface area contributed by atoms with Crippen LogP contribution in [0, 0.1) is 0 Å². The molecule has 0 radical (unpaired) electrons. The van der Waals surface area contributed by atoms with E-state index < -0.39 is 46.9 Å². The van der Waals surface area contributed by atoms with Crippen molar-refractivity contribution in [3.05, 3.63) is 40.7 Å². The molecule has 4 aliphatic rings. The number of nitrogens with zero attached hydrogens (tertiary/aromatic N) is 1. The highest BCUT2D eigenvalue weighted by molar-refractivity contribution is 5.80. The molecule has 1 aromatic rings. The first kappa shape index (κ1) is 28.4. The minimum atomic E-state index is -1.21. The van der Waals surface area contributed by atoms with Gasteiger partial charge in [0.05, 0.1) is 24.0 Å². The third-order valence-electron chi connectivity index (χ3n) is 8.48. The number of aliphatic hydroxyl groups is 2. The number of hydrogen-bond acceptors (Lipinski definition) is 10. The second-order valence-electron chi connectivity index (χ2n) is 12.1. The van der Waals surface area contributed by atoms with Gasteiger partial charge in [-0.05, 0) is 65.8 Å². The average molecular weight is 559 g/mol. The van der Waals surface area contributed by atoms with Crippen LogP contribution in [-0.4, -0.2) is 82.7 Å². The Labute approximate surface area is 233 Å². The summed E-state index contributed by atoms with van der Waals surface area (Å²) in [6.45, 7) is 7.10. The largest absolute Gasteiger partial charge is 0.481 e. The number of piperidine rings is 1. The maximum atomic E-state index is 13.0. The van der Waals surface area contributed by atoms with Gasteiger partial charge in [-0.3, -0.25) is 4.79 Å². The lowest BCUT2D eigenvalue weighted by molar-refractivity contribution is -0.175. The molecule has 1 saturated heterocycles. The van der Waals surface area contributed by atoms with Crippen LogP contribution in [0.2, 0.25) is 0 Å². The Kier molecular flexibility index (Phi) is 7.12. The van der Waals surface area contributed by atoms with Crippen LogP contribution in [0.5, 0.6) is 5.75 Å². The molecule has 0 saturated carbocycles. The van der Waals surface area contributed by atoms with Crippen molar-refractivity contribution in [1.82, 2.24) is 10.2 Å². The molecule has 5 atom stereocenters. The van der Waals surface area contributed by atoms with Crippen LogP contribution in [0.25, 0.3) is 0 Å². The molecule has 3 N–H and O–H groups in total. The second-order valence-corrected chi connectivity index (χ2v) is 12.1. The molecule has 1 amide bonds. The number of aliphatic hydroxyl groups excluding tert-OH is 1. The predicted octanol–water partition coefficient (Wildman–Crippen LogP) is 1.85. The quantitative estimate of drug-likeness (QED) is 0.335. The van der Waals surface area contributed by atoms with Crippen molar-refractivity contribution in [2.75, 3.05) is 20.1 Å². The van der Waals surface area contributed by atoms with Crippen LogP contribution >= 0.6 is 0 Å². The Balaban J connectivity index is 1.29. The number of ether oxygens (including phenoxy) is 4. The lowest BCUT2D eigenvalue weighted by Crippen LogP contribution is -2.74. The van der Waals surface area contributed by atoms with Crippen LogP contribution < -0.4 is 10.1 Å². The topological polar surface area (TPSA) is 144 Å². The summed E-state index contributed by atoms with van der Waals surface area (Å²) in [5.41, 5.74) is -0.0680. The van der Waals surface area contributed by atoms with Crippen molar-refractivity contribution < 1.29 is 43.5 Å². The van der Waals surface area contributed by atoms with Crippen LogP contribution in [-0.2, 0) is 42.2 Å². The maximum absolute atomic E-state index is 13.0. The summed E-state index contributed by atoms with van der Waals surface area (Å²) in [5, 5.41) is 24.7. The van der Waals surface area contributed by atoms with Gasteiger partial charge in [-0.25, -0.2) is 9.59 Å². The monoisotopic (exact) mass is 558 g/mol. The van der Waals surface area contributed by atoms with Crippen LogP contribution in [0.15, 0.2) is 24.0 Å². The molecule has 0 aromatic heterocycles. The molecule has 40 heavy (non-hydrogen) atoms. The molecule has 11 heteroatoms. The predicted molar refractivity (Wildman–Crippen MR) is 141 cm³/mol. The van der Waals surface area contributed by atoms with E-state index in [1.807, 2.05) is 19.2 Å². The third-order valence-corrected chi connectivity index (χ3v) is 8.48. The summed E-state index contributed by atoms with van der Waals surface area (Å²) in [6, 6.07) is 3.69. The molecule has 2 aliphatic carbocycles. The number of amides is 1. The molecule has 11 nitrogen and oxygen atoms in total. The summed E-state index contributed by atoms with van der Waals surface area (Å²) in [6.07, 6.45) is 0.404. The van der Waals surface area contributed by atoms with E-state index in [-0.39, 0.29) is 37.8 Å². The zero-order chi connectivity index (χ0) is 29.0. The molecule has 2 bridgehead atoms. The Hall–Kier alpha value is -3.15. The smallest absolute Gasteiger partial charge is 0.407 e. The van der Waals surface area contributed by atoms with E-state index in [9.17, 15) is 24.6 Å². The van der Waals surface area contributed by atoms with Crippen molar-refractivity contribution in [3.63, 3.8) is 0 Å². The fourth-order valence-electron chi connectivity index (χ4n) is 6.72. The van der Waals surface area contributed by atoms with Crippen molar-refractivity contribution >= 4 is 18.0 Å². The van der Waals surface area contributed by atoms with E-state index in [2.05, 4.69) is 10.2 Å². The van der Waals surface area contributed by atoms with Crippen molar-refractivity contribution in [2.45, 2.75) is 94.9 Å². The number of esters is 2. The normalized spacial score (nSPS) is 28.9. The zero-order valence-corrected chi connectivity index (χ0v) is 23.6. The third kappa shape index (κ3) is 4.53. The number of carbonyl (C=O) groups is 3. The minimum absolute atomic E-state index is 0.0128. The number of carbonyl (C=O) groups excluding carboxylic acids is 3. The molecule has 1 fully saturated rings. The standard InChI is InChI=1S/C29H38N2O9/c1-16(37-21(33)9-12-30-26(35)40-27(2,3)4)25(34)38-19-8-10-29(36)20-14-17-6-7-18(15-32)23-22(17)28(29,24(19)39-23)11-13-31(20)5/h6-8,16,20,24,32,36H,9-15H2,1-5H3,(H,30,35)/t16-,20+,24-,28-,29+/m0/s1. The molecule has 1 spiro atoms. The molecule has 5 rings (SSSR count). The van der Waals surface area contributed by atoms with Gasteiger partial charge in [0.1, 0.15) is 17.1 Å². The maximum Gasteiger partial charge on any atom is 0.407 e. The van der Waals surface area contributed by atoms with Crippen LogP contribution in [0.4, 0.5) is 4.79 Å². The van der Waals surface area contributed by atoms with Gasteiger partial charge in [-0.1, -0.05) is 12.1 Å². The lowest BCUT2D eigenvalue weighted by Gasteiger charge is -2.61. The SMILES string of the molecule is C[C@H](OC(=O)CCNC(=O)OC(C)(C)C)C(=O)OC1=CC[C@@]2(O)[C@H]3Cc4ccc(CO)c5c4[C@@]2(CCN3C)[C@H]1O5. The van der Waals surface area contributed by atoms with Crippen LogP contribution in [0.3, 0.4) is 0 Å². The van der Waals surface area contributed by atoms with Gasteiger partial charge < -0.3 is 39.4 Å². The summed E-state index contributed by atoms with van der Waals surface area (Å²) in [5.74, 6) is -0.644. The van der Waals surface area contributed by atoms with Gasteiger partial charge in [0.25, 0.3) is 0 Å². The number of benzene rings is 1. The van der Waals surface area contributed by atoms with Gasteiger partial charge in [0, 0.05) is 30.1 Å². The van der Waals surface area contributed by atoms with Gasteiger partial charge in [-0.15, -0.1) is 0 Å². The number of nitrogens with one attached hydrogen (secondary N) is 1. The van der Waals surface area contributed by atoms with E-state index >= 15 is 0 Å². The first-order valence-electron chi connectivity index (χ1n) is 13.7. The van der Waals surface area contributed by atoms with Gasteiger partial charge in [0.2, 0.25) is 0 Å². The fraction of sp³-hybridized carbons (Fsp3) is 0.621. The van der Waals surface area contributed by atoms with E-state index in [1.165, 1.54) is 6.92 Å². The Bertz CT molecular complexity index is 1250. The number of likely N-dealkylation sites (N-methyl/N-ethyl adjacent to an activating group) is 1. The molecular formula is C29H38N2O9. The molecule has 2 aliphatic heterocycles. The second kappa shape index (κ2) is 10.0. The Morgan fingerprint density at radius 1 is 1.27 bits per heavy atom. The van der Waals surface area contributed by atoms with Gasteiger partial charge >= 0.3 is 18.0 Å². The van der Waals surface area contributed by atoms with E-state index in [0.717, 1.165) is 17.7 Å². The van der Waals surface area contributed by atoms with Crippen molar-refractivity contribution in [1.29, 1.82) is 0 Å². The highest BCUT2D eigenvalue weighted by Crippen LogP contribution is 2.64. The highest BCUT2D eigenvalue weighted by Gasteiger charge is 2.71. The number of hydrogen-bond donors (Lipinski definition) is 3. The Morgan fingerprint density at radius 2 is 2.02 bits per heavy atom. The summed E-state index contributed by atoms with van der Waals surface area (Å²) in [7, 11) is 2.01. The summed E-state index contributed by atoms with van der Waals surface area (Å²) in [4.78, 5) is 39.3. The van der Waals surface area contributed by atoms with Crippen molar-refractivity contribution in [2.24, 2.45) is 0 Å². The molecule has 1 aromatic carbocycles. The van der Waals surface area contributed by atoms with Gasteiger partial charge in [-0.2, -0.15) is 0 Å². The Morgan fingerprint density at radius 3 is 2.73 bits per heavy atom. The minimum Gasteiger partial charge on any atom is -0.481 e. The first-order valence-corrected chi connectivity index (χ1v) is 13.7. The number of alkyl carbamates (subject to hydrolysis) is 1. The van der Waals surface area contributed by atoms with Gasteiger partial charge in [0.15, 0.2) is 12.2 Å². The average Bonchev–Trinajstić information content (AvgIpc) is 3.22. The van der Waals surface area contributed by atoms with Crippen molar-refractivity contribution in [3.8, 4) is 5.75 Å². The fourth-order valence-corrected chi connectivity index (χ4v) is 6.72. The number of likely N-dealkylation sites (tertiary alicyclic amines) is 1. The molecular weight excluding hydrogens is 520 g/mol. The summed E-state index contributed by atoms with van der Waals surface area (Å²) >= 11 is 0.